The first-order valence-corrected chi connectivity index (χ1v) is 8.77. The van der Waals surface area contributed by atoms with Crippen molar-refractivity contribution in [1.82, 2.24) is 0 Å². The largest absolute Gasteiger partial charge is 0.487 e. The number of anilines is 1. The lowest BCUT2D eigenvalue weighted by atomic mass is 10.1. The van der Waals surface area contributed by atoms with Gasteiger partial charge in [-0.2, -0.15) is 0 Å². The molecule has 0 radical (unpaired) electrons. The average Bonchev–Trinajstić information content (AvgIpc) is 2.52. The summed E-state index contributed by atoms with van der Waals surface area (Å²) in [6.45, 7) is 7.08. The third-order valence-electron chi connectivity index (χ3n) is 3.28. The van der Waals surface area contributed by atoms with Crippen LogP contribution >= 0.6 is 31.9 Å². The molecule has 0 aliphatic heterocycles. The highest BCUT2D eigenvalue weighted by atomic mass is 79.9. The van der Waals surface area contributed by atoms with Crippen LogP contribution in [0.15, 0.2) is 58.0 Å². The Morgan fingerprint density at radius 3 is 2.50 bits per heavy atom. The number of benzene rings is 2. The Kier molecular flexibility index (Phi) is 6.52. The fourth-order valence-corrected chi connectivity index (χ4v) is 3.70. The molecule has 0 bridgehead atoms. The molecule has 0 spiro atoms. The summed E-state index contributed by atoms with van der Waals surface area (Å²) < 4.78 is 7.51. The van der Waals surface area contributed by atoms with Gasteiger partial charge in [-0.05, 0) is 67.6 Å². The molecule has 0 aliphatic rings. The second-order valence-electron chi connectivity index (χ2n) is 4.85. The van der Waals surface area contributed by atoms with Gasteiger partial charge in [0.1, 0.15) is 12.4 Å². The van der Waals surface area contributed by atoms with E-state index in [1.54, 1.807) is 6.08 Å². The second kappa shape index (κ2) is 8.39. The maximum absolute atomic E-state index is 5.64. The van der Waals surface area contributed by atoms with Crippen LogP contribution in [0.25, 0.3) is 0 Å². The number of hydrogen-bond donors (Lipinski definition) is 1. The Morgan fingerprint density at radius 1 is 1.18 bits per heavy atom. The first-order chi connectivity index (χ1) is 10.7. The molecule has 2 rings (SSSR count). The zero-order valence-corrected chi connectivity index (χ0v) is 15.7. The quantitative estimate of drug-likeness (QED) is 0.554. The fraction of sp³-hybridized carbons (Fsp3) is 0.222. The predicted molar refractivity (Wildman–Crippen MR) is 101 cm³/mol. The van der Waals surface area contributed by atoms with E-state index in [0.717, 1.165) is 27.7 Å². The zero-order chi connectivity index (χ0) is 15.9. The lowest BCUT2D eigenvalue weighted by Gasteiger charge is -2.14. The van der Waals surface area contributed by atoms with Crippen LogP contribution in [0.4, 0.5) is 5.69 Å². The summed E-state index contributed by atoms with van der Waals surface area (Å²) in [5.74, 6) is 0.803. The first-order valence-electron chi connectivity index (χ1n) is 7.19. The van der Waals surface area contributed by atoms with Crippen LogP contribution in [0, 0.1) is 0 Å². The van der Waals surface area contributed by atoms with Gasteiger partial charge in [-0.15, -0.1) is 0 Å². The molecule has 0 aromatic heterocycles. The van der Waals surface area contributed by atoms with Crippen molar-refractivity contribution in [3.8, 4) is 5.75 Å². The molecule has 2 aromatic carbocycles. The van der Waals surface area contributed by atoms with E-state index in [-0.39, 0.29) is 0 Å². The molecule has 0 unspecified atom stereocenters. The van der Waals surface area contributed by atoms with Crippen LogP contribution in [0.3, 0.4) is 0 Å². The molecule has 0 saturated carbocycles. The molecular formula is C18H19Br2NO. The van der Waals surface area contributed by atoms with Crippen LogP contribution < -0.4 is 10.1 Å². The monoisotopic (exact) mass is 423 g/mol. The van der Waals surface area contributed by atoms with Crippen molar-refractivity contribution in [3.05, 3.63) is 69.1 Å². The van der Waals surface area contributed by atoms with Crippen molar-refractivity contribution in [2.75, 3.05) is 11.9 Å². The van der Waals surface area contributed by atoms with Crippen LogP contribution in [0.1, 0.15) is 18.1 Å². The highest BCUT2D eigenvalue weighted by molar-refractivity contribution is 9.11. The minimum atomic E-state index is 0.485. The van der Waals surface area contributed by atoms with Crippen LogP contribution in [-0.4, -0.2) is 6.61 Å². The lowest BCUT2D eigenvalue weighted by Crippen LogP contribution is -2.03. The van der Waals surface area contributed by atoms with Gasteiger partial charge in [-0.3, -0.25) is 0 Å². The van der Waals surface area contributed by atoms with Crippen LogP contribution in [0.2, 0.25) is 0 Å². The summed E-state index contributed by atoms with van der Waals surface area (Å²) in [4.78, 5) is 0. The Bertz CT molecular complexity index is 632. The summed E-state index contributed by atoms with van der Waals surface area (Å²) in [6, 6.07) is 12.5. The van der Waals surface area contributed by atoms with Gasteiger partial charge in [0.2, 0.25) is 0 Å². The number of ether oxygens (including phenoxy) is 1. The van der Waals surface area contributed by atoms with E-state index in [2.05, 4.69) is 87.1 Å². The average molecular weight is 425 g/mol. The Labute approximate surface area is 148 Å². The van der Waals surface area contributed by atoms with E-state index in [1.165, 1.54) is 16.8 Å². The maximum Gasteiger partial charge on any atom is 0.148 e. The van der Waals surface area contributed by atoms with Gasteiger partial charge >= 0.3 is 0 Å². The molecule has 2 aromatic rings. The van der Waals surface area contributed by atoms with E-state index >= 15 is 0 Å². The van der Waals surface area contributed by atoms with Crippen molar-refractivity contribution < 1.29 is 4.74 Å². The highest BCUT2D eigenvalue weighted by Gasteiger charge is 2.09. The number of aryl methyl sites for hydroxylation is 1. The smallest absolute Gasteiger partial charge is 0.148 e. The van der Waals surface area contributed by atoms with Gasteiger partial charge in [0.25, 0.3) is 0 Å². The van der Waals surface area contributed by atoms with Crippen LogP contribution in [0.5, 0.6) is 5.75 Å². The molecule has 0 saturated heterocycles. The van der Waals surface area contributed by atoms with E-state index in [4.69, 9.17) is 4.74 Å². The van der Waals surface area contributed by atoms with Crippen molar-refractivity contribution in [2.45, 2.75) is 19.9 Å². The number of halogens is 2. The number of rotatable bonds is 7. The third kappa shape index (κ3) is 4.37. The SMILES string of the molecule is C=CCOc1c(Br)cc(CNc2ccccc2CC)cc1Br. The molecular weight excluding hydrogens is 406 g/mol. The number of nitrogens with one attached hydrogen (secondary N) is 1. The maximum atomic E-state index is 5.64. The summed E-state index contributed by atoms with van der Waals surface area (Å²) >= 11 is 7.13. The minimum Gasteiger partial charge on any atom is -0.487 e. The van der Waals surface area contributed by atoms with Crippen LogP contribution in [-0.2, 0) is 13.0 Å². The van der Waals surface area contributed by atoms with Crippen molar-refractivity contribution in [3.63, 3.8) is 0 Å². The van der Waals surface area contributed by atoms with E-state index < -0.39 is 0 Å². The van der Waals surface area contributed by atoms with Gasteiger partial charge < -0.3 is 10.1 Å². The highest BCUT2D eigenvalue weighted by Crippen LogP contribution is 2.35. The fourth-order valence-electron chi connectivity index (χ4n) is 2.19. The summed E-state index contributed by atoms with van der Waals surface area (Å²) in [5.41, 5.74) is 3.69. The van der Waals surface area contributed by atoms with Gasteiger partial charge in [-0.25, -0.2) is 0 Å². The molecule has 0 heterocycles. The van der Waals surface area contributed by atoms with Crippen molar-refractivity contribution >= 4 is 37.5 Å². The number of hydrogen-bond acceptors (Lipinski definition) is 2. The standard InChI is InChI=1S/C18H19Br2NO/c1-3-9-22-18-15(19)10-13(11-16(18)20)12-21-17-8-6-5-7-14(17)4-2/h3,5-8,10-11,21H,1,4,9,12H2,2H3. The Hall–Kier alpha value is -1.26. The molecule has 0 amide bonds. The zero-order valence-electron chi connectivity index (χ0n) is 12.5. The summed E-state index contributed by atoms with van der Waals surface area (Å²) in [5, 5.41) is 3.50. The minimum absolute atomic E-state index is 0.485. The Balaban J connectivity index is 2.12. The van der Waals surface area contributed by atoms with E-state index in [1.807, 2.05) is 0 Å². The van der Waals surface area contributed by atoms with Gasteiger partial charge in [-0.1, -0.05) is 37.8 Å². The van der Waals surface area contributed by atoms with Gasteiger partial charge in [0.15, 0.2) is 0 Å². The third-order valence-corrected chi connectivity index (χ3v) is 4.46. The summed E-state index contributed by atoms with van der Waals surface area (Å²) in [7, 11) is 0. The molecule has 1 N–H and O–H groups in total. The summed E-state index contributed by atoms with van der Waals surface area (Å²) in [6.07, 6.45) is 2.75. The van der Waals surface area contributed by atoms with Gasteiger partial charge in [0.05, 0.1) is 8.95 Å². The van der Waals surface area contributed by atoms with E-state index in [9.17, 15) is 0 Å². The van der Waals surface area contributed by atoms with Gasteiger partial charge in [0, 0.05) is 12.2 Å². The molecule has 0 fully saturated rings. The van der Waals surface area contributed by atoms with E-state index in [0.29, 0.717) is 6.61 Å². The topological polar surface area (TPSA) is 21.3 Å². The Morgan fingerprint density at radius 2 is 1.86 bits per heavy atom. The molecule has 2 nitrogen and oxygen atoms in total. The second-order valence-corrected chi connectivity index (χ2v) is 6.56. The lowest BCUT2D eigenvalue weighted by molar-refractivity contribution is 0.358. The molecule has 4 heteroatoms. The van der Waals surface area contributed by atoms with Crippen molar-refractivity contribution in [1.29, 1.82) is 0 Å². The number of para-hydroxylation sites is 1. The molecule has 0 aliphatic carbocycles. The molecule has 0 atom stereocenters. The normalized spacial score (nSPS) is 10.3. The molecule has 22 heavy (non-hydrogen) atoms. The first kappa shape index (κ1) is 17.1. The molecule has 116 valence electrons. The predicted octanol–water partition coefficient (Wildman–Crippen LogP) is 5.95. The van der Waals surface area contributed by atoms with Crippen molar-refractivity contribution in [2.24, 2.45) is 0 Å².